The highest BCUT2D eigenvalue weighted by Gasteiger charge is 2.28. The van der Waals surface area contributed by atoms with Crippen LogP contribution in [0.4, 0.5) is 13.2 Å². The Bertz CT molecular complexity index is 327. The van der Waals surface area contributed by atoms with Gasteiger partial charge in [0.25, 0.3) is 0 Å². The van der Waals surface area contributed by atoms with E-state index < -0.39 is 18.8 Å². The van der Waals surface area contributed by atoms with Crippen molar-refractivity contribution in [1.82, 2.24) is 4.98 Å². The molecule has 0 bridgehead atoms. The Kier molecular flexibility index (Phi) is 4.08. The number of aromatic nitrogens is 1. The van der Waals surface area contributed by atoms with Gasteiger partial charge in [-0.15, -0.1) is 0 Å². The second kappa shape index (κ2) is 5.13. The molecule has 0 aliphatic carbocycles. The molecule has 0 amide bonds. The van der Waals surface area contributed by atoms with E-state index in [2.05, 4.69) is 9.72 Å². The summed E-state index contributed by atoms with van der Waals surface area (Å²) in [7, 11) is 0. The van der Waals surface area contributed by atoms with E-state index >= 15 is 0 Å². The van der Waals surface area contributed by atoms with Crippen molar-refractivity contribution >= 4 is 0 Å². The maximum absolute atomic E-state index is 11.8. The van der Waals surface area contributed by atoms with E-state index in [-0.39, 0.29) is 12.4 Å². The average molecular weight is 236 g/mol. The zero-order chi connectivity index (χ0) is 12.2. The third-order valence-corrected chi connectivity index (χ3v) is 1.74. The highest BCUT2D eigenvalue weighted by Crippen LogP contribution is 2.18. The van der Waals surface area contributed by atoms with Crippen molar-refractivity contribution in [3.8, 4) is 5.75 Å². The number of ether oxygens (including phenoxy) is 1. The van der Waals surface area contributed by atoms with Gasteiger partial charge < -0.3 is 15.6 Å². The van der Waals surface area contributed by atoms with Gasteiger partial charge in [0.05, 0.1) is 24.5 Å². The first-order valence-corrected chi connectivity index (χ1v) is 4.44. The third kappa shape index (κ3) is 4.03. The molecule has 1 unspecified atom stereocenters. The molecule has 16 heavy (non-hydrogen) atoms. The van der Waals surface area contributed by atoms with Gasteiger partial charge in [-0.25, -0.2) is 0 Å². The quantitative estimate of drug-likeness (QED) is 0.818. The van der Waals surface area contributed by atoms with Gasteiger partial charge in [0, 0.05) is 0 Å². The molecule has 0 saturated carbocycles. The normalized spacial score (nSPS) is 13.6. The lowest BCUT2D eigenvalue weighted by molar-refractivity contribution is -0.153. The van der Waals surface area contributed by atoms with Crippen LogP contribution in [0.15, 0.2) is 18.3 Å². The maximum Gasteiger partial charge on any atom is 0.422 e. The van der Waals surface area contributed by atoms with Crippen molar-refractivity contribution in [2.24, 2.45) is 5.73 Å². The van der Waals surface area contributed by atoms with Crippen molar-refractivity contribution in [1.29, 1.82) is 0 Å². The van der Waals surface area contributed by atoms with Crippen LogP contribution >= 0.6 is 0 Å². The topological polar surface area (TPSA) is 68.4 Å². The lowest BCUT2D eigenvalue weighted by Crippen LogP contribution is -2.19. The molecular formula is C9H11F3N2O2. The number of pyridine rings is 1. The minimum absolute atomic E-state index is 0.00575. The summed E-state index contributed by atoms with van der Waals surface area (Å²) in [5.41, 5.74) is 5.84. The van der Waals surface area contributed by atoms with E-state index in [9.17, 15) is 13.2 Å². The van der Waals surface area contributed by atoms with E-state index in [1.54, 1.807) is 0 Å². The minimum atomic E-state index is -4.37. The van der Waals surface area contributed by atoms with Crippen molar-refractivity contribution in [2.75, 3.05) is 13.2 Å². The van der Waals surface area contributed by atoms with Crippen LogP contribution in [-0.2, 0) is 0 Å². The summed E-state index contributed by atoms with van der Waals surface area (Å²) >= 11 is 0. The van der Waals surface area contributed by atoms with Crippen LogP contribution < -0.4 is 10.5 Å². The minimum Gasteiger partial charge on any atom is -0.483 e. The first-order valence-electron chi connectivity index (χ1n) is 4.44. The molecule has 7 heteroatoms. The highest BCUT2D eigenvalue weighted by molar-refractivity contribution is 5.21. The number of nitrogens with two attached hydrogens (primary N) is 1. The Hall–Kier alpha value is -1.34. The van der Waals surface area contributed by atoms with Gasteiger partial charge >= 0.3 is 6.18 Å². The van der Waals surface area contributed by atoms with Crippen LogP contribution in [0, 0.1) is 0 Å². The second-order valence-corrected chi connectivity index (χ2v) is 3.11. The zero-order valence-electron chi connectivity index (χ0n) is 8.24. The Labute approximate surface area is 89.9 Å². The van der Waals surface area contributed by atoms with E-state index in [4.69, 9.17) is 10.8 Å². The Morgan fingerprint density at radius 3 is 2.56 bits per heavy atom. The molecule has 0 aliphatic rings. The van der Waals surface area contributed by atoms with Crippen LogP contribution in [0.5, 0.6) is 5.75 Å². The van der Waals surface area contributed by atoms with E-state index in [1.165, 1.54) is 12.1 Å². The maximum atomic E-state index is 11.8. The van der Waals surface area contributed by atoms with E-state index in [0.717, 1.165) is 6.20 Å². The van der Waals surface area contributed by atoms with Crippen LogP contribution in [0.25, 0.3) is 0 Å². The average Bonchev–Trinajstić information content (AvgIpc) is 2.25. The Balaban J connectivity index is 2.58. The summed E-state index contributed by atoms with van der Waals surface area (Å²) in [6.45, 7) is -1.64. The van der Waals surface area contributed by atoms with E-state index in [1.807, 2.05) is 0 Å². The van der Waals surface area contributed by atoms with Crippen molar-refractivity contribution < 1.29 is 23.0 Å². The fourth-order valence-corrected chi connectivity index (χ4v) is 0.955. The second-order valence-electron chi connectivity index (χ2n) is 3.11. The molecule has 0 aromatic carbocycles. The molecule has 1 rings (SSSR count). The summed E-state index contributed by atoms with van der Waals surface area (Å²) in [4.78, 5) is 3.77. The van der Waals surface area contributed by atoms with Crippen molar-refractivity contribution in [3.05, 3.63) is 24.0 Å². The molecule has 0 aliphatic heterocycles. The Morgan fingerprint density at radius 1 is 1.44 bits per heavy atom. The molecule has 3 N–H and O–H groups in total. The third-order valence-electron chi connectivity index (χ3n) is 1.74. The standard InChI is InChI=1S/C9H11F3N2O2/c10-9(11,12)5-16-6-1-2-8(14-3-6)7(13)4-15/h1-3,7,15H,4-5,13H2. The molecule has 4 nitrogen and oxygen atoms in total. The first-order chi connectivity index (χ1) is 7.42. The highest BCUT2D eigenvalue weighted by atomic mass is 19.4. The number of hydrogen-bond acceptors (Lipinski definition) is 4. The van der Waals surface area contributed by atoms with Crippen LogP contribution in [-0.4, -0.2) is 29.5 Å². The largest absolute Gasteiger partial charge is 0.483 e. The van der Waals surface area contributed by atoms with Gasteiger partial charge in [0.1, 0.15) is 5.75 Å². The molecule has 0 radical (unpaired) electrons. The monoisotopic (exact) mass is 236 g/mol. The van der Waals surface area contributed by atoms with Gasteiger partial charge in [-0.2, -0.15) is 13.2 Å². The smallest absolute Gasteiger partial charge is 0.422 e. The number of alkyl halides is 3. The number of rotatable bonds is 4. The lowest BCUT2D eigenvalue weighted by Gasteiger charge is -2.10. The molecule has 0 spiro atoms. The molecule has 1 atom stereocenters. The number of nitrogens with zero attached hydrogens (tertiary/aromatic N) is 1. The van der Waals surface area contributed by atoms with Gasteiger partial charge in [0.15, 0.2) is 6.61 Å². The summed E-state index contributed by atoms with van der Waals surface area (Å²) in [5, 5.41) is 8.72. The number of hydrogen-bond donors (Lipinski definition) is 2. The number of aliphatic hydroxyl groups excluding tert-OH is 1. The first kappa shape index (κ1) is 12.7. The fourth-order valence-electron chi connectivity index (χ4n) is 0.955. The molecule has 1 heterocycles. The Morgan fingerprint density at radius 2 is 2.12 bits per heavy atom. The number of aliphatic hydroxyl groups is 1. The van der Waals surface area contributed by atoms with Gasteiger partial charge in [-0.05, 0) is 12.1 Å². The summed E-state index contributed by atoms with van der Waals surface area (Å²) in [6, 6.07) is 2.09. The van der Waals surface area contributed by atoms with Crippen molar-refractivity contribution in [3.63, 3.8) is 0 Å². The summed E-state index contributed by atoms with van der Waals surface area (Å²) < 4.78 is 39.9. The molecular weight excluding hydrogens is 225 g/mol. The molecule has 90 valence electrons. The van der Waals surface area contributed by atoms with Gasteiger partial charge in [0.2, 0.25) is 0 Å². The predicted molar refractivity (Wildman–Crippen MR) is 49.8 cm³/mol. The molecule has 1 aromatic heterocycles. The van der Waals surface area contributed by atoms with Crippen molar-refractivity contribution in [2.45, 2.75) is 12.2 Å². The zero-order valence-corrected chi connectivity index (χ0v) is 8.24. The van der Waals surface area contributed by atoms with Gasteiger partial charge in [-0.1, -0.05) is 0 Å². The lowest BCUT2D eigenvalue weighted by atomic mass is 10.2. The van der Waals surface area contributed by atoms with E-state index in [0.29, 0.717) is 5.69 Å². The van der Waals surface area contributed by atoms with Gasteiger partial charge in [-0.3, -0.25) is 4.98 Å². The summed E-state index contributed by atoms with van der Waals surface area (Å²) in [6.07, 6.45) is -3.24. The van der Waals surface area contributed by atoms with Crippen LogP contribution in [0.1, 0.15) is 11.7 Å². The number of halogens is 3. The van der Waals surface area contributed by atoms with Crippen LogP contribution in [0.3, 0.4) is 0 Å². The molecule has 0 fully saturated rings. The SMILES string of the molecule is NC(CO)c1ccc(OCC(F)(F)F)cn1. The predicted octanol–water partition coefficient (Wildman–Crippen LogP) is 1.01. The fraction of sp³-hybridized carbons (Fsp3) is 0.444. The molecule has 0 saturated heterocycles. The van der Waals surface area contributed by atoms with Crippen LogP contribution in [0.2, 0.25) is 0 Å². The summed E-state index contributed by atoms with van der Waals surface area (Å²) in [5.74, 6) is 0.00575. The molecule has 1 aromatic rings.